The molecule has 8 heteroatoms. The van der Waals surface area contributed by atoms with Crippen LogP contribution in [0.15, 0.2) is 18.7 Å². The third-order valence-electron chi connectivity index (χ3n) is 4.33. The second-order valence-electron chi connectivity index (χ2n) is 6.18. The fourth-order valence-electron chi connectivity index (χ4n) is 2.99. The molecule has 0 radical (unpaired) electrons. The number of amides is 1. The van der Waals surface area contributed by atoms with Gasteiger partial charge in [0.1, 0.15) is 6.61 Å². The molecule has 1 atom stereocenters. The molecule has 1 aliphatic heterocycles. The average molecular weight is 345 g/mol. The lowest BCUT2D eigenvalue weighted by Gasteiger charge is -2.35. The van der Waals surface area contributed by atoms with Crippen LogP contribution in [-0.2, 0) is 29.5 Å². The Bertz CT molecular complexity index is 746. The first-order valence-corrected chi connectivity index (χ1v) is 8.27. The largest absolute Gasteiger partial charge is 0.474 e. The molecule has 3 heterocycles. The van der Waals surface area contributed by atoms with Crippen LogP contribution in [0.2, 0.25) is 0 Å². The van der Waals surface area contributed by atoms with E-state index in [1.54, 1.807) is 25.8 Å². The zero-order valence-electron chi connectivity index (χ0n) is 14.8. The molecule has 2 aromatic heterocycles. The smallest absolute Gasteiger partial charge is 0.232 e. The number of fused-ring (bicyclic) bond motifs is 1. The van der Waals surface area contributed by atoms with Crippen LogP contribution in [0.25, 0.3) is 0 Å². The summed E-state index contributed by atoms with van der Waals surface area (Å²) < 4.78 is 12.9. The minimum Gasteiger partial charge on any atom is -0.474 e. The molecule has 1 aliphatic rings. The van der Waals surface area contributed by atoms with Crippen molar-refractivity contribution in [2.75, 3.05) is 20.3 Å². The SMILES string of the molecule is COCCC(=O)N1Cc2ncn(C)c2C[C@@H]1COc1cncc(C)n1. The molecule has 1 amide bonds. The van der Waals surface area contributed by atoms with Crippen molar-refractivity contribution in [3.63, 3.8) is 0 Å². The van der Waals surface area contributed by atoms with Gasteiger partial charge in [0.15, 0.2) is 0 Å². The Labute approximate surface area is 146 Å². The predicted molar refractivity (Wildman–Crippen MR) is 90.0 cm³/mol. The lowest BCUT2D eigenvalue weighted by atomic mass is 10.0. The summed E-state index contributed by atoms with van der Waals surface area (Å²) in [6, 6.07) is -0.0745. The molecule has 8 nitrogen and oxygen atoms in total. The third-order valence-corrected chi connectivity index (χ3v) is 4.33. The van der Waals surface area contributed by atoms with E-state index in [2.05, 4.69) is 15.0 Å². The van der Waals surface area contributed by atoms with Crippen LogP contribution in [0.3, 0.4) is 0 Å². The summed E-state index contributed by atoms with van der Waals surface area (Å²) in [4.78, 5) is 27.2. The Hall–Kier alpha value is -2.48. The van der Waals surface area contributed by atoms with E-state index in [0.717, 1.165) is 17.1 Å². The molecule has 0 saturated heterocycles. The van der Waals surface area contributed by atoms with Crippen LogP contribution in [0, 0.1) is 6.92 Å². The number of rotatable bonds is 6. The molecular formula is C17H23N5O3. The molecule has 0 fully saturated rings. The highest BCUT2D eigenvalue weighted by Crippen LogP contribution is 2.23. The van der Waals surface area contributed by atoms with Gasteiger partial charge in [-0.05, 0) is 6.92 Å². The highest BCUT2D eigenvalue weighted by atomic mass is 16.5. The highest BCUT2D eigenvalue weighted by Gasteiger charge is 2.32. The van der Waals surface area contributed by atoms with E-state index in [4.69, 9.17) is 9.47 Å². The minimum atomic E-state index is -0.0745. The number of methoxy groups -OCH3 is 1. The molecule has 3 rings (SSSR count). The fourth-order valence-corrected chi connectivity index (χ4v) is 2.99. The summed E-state index contributed by atoms with van der Waals surface area (Å²) in [6.07, 6.45) is 6.10. The maximum Gasteiger partial charge on any atom is 0.232 e. The number of aromatic nitrogens is 4. The van der Waals surface area contributed by atoms with Crippen LogP contribution in [-0.4, -0.2) is 56.7 Å². The molecule has 0 bridgehead atoms. The van der Waals surface area contributed by atoms with E-state index in [9.17, 15) is 4.79 Å². The second-order valence-corrected chi connectivity index (χ2v) is 6.18. The summed E-state index contributed by atoms with van der Waals surface area (Å²) in [5.41, 5.74) is 2.88. The Balaban J connectivity index is 1.75. The number of ether oxygens (including phenoxy) is 2. The maximum atomic E-state index is 12.6. The average Bonchev–Trinajstić information content (AvgIpc) is 2.97. The van der Waals surface area contributed by atoms with Crippen molar-refractivity contribution in [1.82, 2.24) is 24.4 Å². The van der Waals surface area contributed by atoms with Crippen LogP contribution in [0.5, 0.6) is 5.88 Å². The maximum absolute atomic E-state index is 12.6. The first-order chi connectivity index (χ1) is 12.1. The van der Waals surface area contributed by atoms with Crippen LogP contribution >= 0.6 is 0 Å². The molecule has 0 spiro atoms. The quantitative estimate of drug-likeness (QED) is 0.773. The van der Waals surface area contributed by atoms with Gasteiger partial charge in [0.05, 0.1) is 49.5 Å². The van der Waals surface area contributed by atoms with Crippen molar-refractivity contribution >= 4 is 5.91 Å². The van der Waals surface area contributed by atoms with Crippen LogP contribution < -0.4 is 4.74 Å². The van der Waals surface area contributed by atoms with Crippen LogP contribution in [0.4, 0.5) is 0 Å². The molecular weight excluding hydrogens is 322 g/mol. The molecule has 0 aliphatic carbocycles. The van der Waals surface area contributed by atoms with E-state index in [0.29, 0.717) is 38.5 Å². The van der Waals surface area contributed by atoms with Gasteiger partial charge in [-0.25, -0.2) is 9.97 Å². The van der Waals surface area contributed by atoms with E-state index >= 15 is 0 Å². The van der Waals surface area contributed by atoms with Crippen molar-refractivity contribution in [2.24, 2.45) is 7.05 Å². The van der Waals surface area contributed by atoms with Crippen molar-refractivity contribution in [2.45, 2.75) is 32.4 Å². The van der Waals surface area contributed by atoms with Crippen molar-refractivity contribution in [1.29, 1.82) is 0 Å². The Morgan fingerprint density at radius 2 is 2.24 bits per heavy atom. The molecule has 0 unspecified atom stereocenters. The monoisotopic (exact) mass is 345 g/mol. The molecule has 0 aromatic carbocycles. The van der Waals surface area contributed by atoms with Crippen molar-refractivity contribution in [3.05, 3.63) is 35.8 Å². The summed E-state index contributed by atoms with van der Waals surface area (Å²) in [5, 5.41) is 0. The Morgan fingerprint density at radius 1 is 1.40 bits per heavy atom. The standard InChI is InChI=1S/C17H23N5O3/c1-12-7-18-8-16(20-12)25-10-13-6-15-14(19-11-21(15)2)9-22(13)17(23)4-5-24-3/h7-8,11,13H,4-6,9-10H2,1-3H3/t13-/m1/s1. The summed E-state index contributed by atoms with van der Waals surface area (Å²) in [5.74, 6) is 0.516. The van der Waals surface area contributed by atoms with Gasteiger partial charge in [-0.15, -0.1) is 0 Å². The number of imidazole rings is 1. The third kappa shape index (κ3) is 3.96. The van der Waals surface area contributed by atoms with Gasteiger partial charge in [-0.1, -0.05) is 0 Å². The highest BCUT2D eigenvalue weighted by molar-refractivity contribution is 5.77. The van der Waals surface area contributed by atoms with Crippen molar-refractivity contribution in [3.8, 4) is 5.88 Å². The zero-order valence-corrected chi connectivity index (χ0v) is 14.8. The van der Waals surface area contributed by atoms with E-state index in [1.807, 2.05) is 23.4 Å². The molecule has 0 saturated carbocycles. The summed E-state index contributed by atoms with van der Waals surface area (Å²) in [6.45, 7) is 3.12. The normalized spacial score (nSPS) is 16.6. The van der Waals surface area contributed by atoms with Crippen molar-refractivity contribution < 1.29 is 14.3 Å². The first kappa shape index (κ1) is 17.3. The molecule has 2 aromatic rings. The lowest BCUT2D eigenvalue weighted by molar-refractivity contribution is -0.136. The Morgan fingerprint density at radius 3 is 3.00 bits per heavy atom. The van der Waals surface area contributed by atoms with E-state index < -0.39 is 0 Å². The van der Waals surface area contributed by atoms with Gasteiger partial charge in [0.2, 0.25) is 11.8 Å². The van der Waals surface area contributed by atoms with Gasteiger partial charge < -0.3 is 18.9 Å². The number of hydrogen-bond acceptors (Lipinski definition) is 6. The van der Waals surface area contributed by atoms with Crippen LogP contribution in [0.1, 0.15) is 23.5 Å². The number of hydrogen-bond donors (Lipinski definition) is 0. The molecule has 25 heavy (non-hydrogen) atoms. The van der Waals surface area contributed by atoms with E-state index in [-0.39, 0.29) is 11.9 Å². The van der Waals surface area contributed by atoms with Gasteiger partial charge in [0, 0.05) is 32.5 Å². The Kier molecular flexibility index (Phi) is 5.28. The number of carbonyl (C=O) groups excluding carboxylic acids is 1. The summed E-state index contributed by atoms with van der Waals surface area (Å²) in [7, 11) is 3.57. The summed E-state index contributed by atoms with van der Waals surface area (Å²) >= 11 is 0. The first-order valence-electron chi connectivity index (χ1n) is 8.27. The minimum absolute atomic E-state index is 0.0436. The number of aryl methyl sites for hydroxylation is 2. The molecule has 0 N–H and O–H groups in total. The topological polar surface area (TPSA) is 82.4 Å². The fraction of sp³-hybridized carbons (Fsp3) is 0.529. The zero-order chi connectivity index (χ0) is 17.8. The van der Waals surface area contributed by atoms with Gasteiger partial charge in [0.25, 0.3) is 0 Å². The lowest BCUT2D eigenvalue weighted by Crippen LogP contribution is -2.48. The molecule has 134 valence electrons. The van der Waals surface area contributed by atoms with Gasteiger partial charge in [-0.3, -0.25) is 9.78 Å². The van der Waals surface area contributed by atoms with E-state index in [1.165, 1.54) is 0 Å². The predicted octanol–water partition coefficient (Wildman–Crippen LogP) is 0.887. The van der Waals surface area contributed by atoms with Gasteiger partial charge in [-0.2, -0.15) is 0 Å². The number of nitrogens with zero attached hydrogens (tertiary/aromatic N) is 5. The van der Waals surface area contributed by atoms with Gasteiger partial charge >= 0.3 is 0 Å². The second kappa shape index (κ2) is 7.60. The number of carbonyl (C=O) groups is 1.